The molecule has 0 saturated carbocycles. The Balaban J connectivity index is 1.40. The van der Waals surface area contributed by atoms with E-state index in [1.165, 1.54) is 16.2 Å². The lowest BCUT2D eigenvalue weighted by Crippen LogP contribution is -2.53. The van der Waals surface area contributed by atoms with Gasteiger partial charge >= 0.3 is 11.7 Å². The Morgan fingerprint density at radius 2 is 1.30 bits per heavy atom. The summed E-state index contributed by atoms with van der Waals surface area (Å²) in [4.78, 5) is 25.9. The van der Waals surface area contributed by atoms with E-state index >= 15 is 0 Å². The molecule has 5 aromatic carbocycles. The molecular weight excluding hydrogens is 560 g/mol. The van der Waals surface area contributed by atoms with Crippen molar-refractivity contribution < 1.29 is 18.7 Å². The van der Waals surface area contributed by atoms with Gasteiger partial charge in [0.05, 0.1) is 16.7 Å². The van der Waals surface area contributed by atoms with Crippen molar-refractivity contribution in [2.75, 3.05) is 0 Å². The molecule has 0 saturated heterocycles. The molecule has 1 unspecified atom stereocenters. The van der Waals surface area contributed by atoms with Crippen LogP contribution in [0, 0.1) is 11.6 Å². The number of imidazole rings is 1. The van der Waals surface area contributed by atoms with Crippen LogP contribution >= 0.6 is 0 Å². The average Bonchev–Trinajstić information content (AvgIpc) is 3.30. The van der Waals surface area contributed by atoms with Gasteiger partial charge in [-0.25, -0.2) is 13.6 Å². The number of benzene rings is 5. The summed E-state index contributed by atoms with van der Waals surface area (Å²) in [5.41, 5.74) is 2.30. The van der Waals surface area contributed by atoms with Crippen LogP contribution in [0.25, 0.3) is 16.7 Å². The molecule has 0 bridgehead atoms. The van der Waals surface area contributed by atoms with Crippen LogP contribution in [0.15, 0.2) is 132 Å². The lowest BCUT2D eigenvalue weighted by molar-refractivity contribution is -0.139. The molecule has 6 nitrogen and oxygen atoms in total. The monoisotopic (exact) mass is 589 g/mol. The van der Waals surface area contributed by atoms with Crippen molar-refractivity contribution in [2.45, 2.75) is 18.0 Å². The molecule has 0 aliphatic rings. The number of nitrogens with one attached hydrogen (secondary N) is 1. The van der Waals surface area contributed by atoms with E-state index in [0.29, 0.717) is 11.3 Å². The van der Waals surface area contributed by atoms with Crippen molar-refractivity contribution in [1.29, 1.82) is 0 Å². The van der Waals surface area contributed by atoms with Crippen LogP contribution in [0.5, 0.6) is 0 Å². The summed E-state index contributed by atoms with van der Waals surface area (Å²) in [5.74, 6) is -2.66. The zero-order valence-electron chi connectivity index (χ0n) is 23.8. The number of aromatic nitrogens is 2. The second-order valence-corrected chi connectivity index (χ2v) is 10.7. The van der Waals surface area contributed by atoms with Gasteiger partial charge in [0, 0.05) is 19.2 Å². The highest BCUT2D eigenvalue weighted by molar-refractivity contribution is 5.79. The summed E-state index contributed by atoms with van der Waals surface area (Å²) in [5, 5.41) is 14.0. The number of fused-ring (bicyclic) bond motifs is 1. The van der Waals surface area contributed by atoms with E-state index in [-0.39, 0.29) is 17.5 Å². The van der Waals surface area contributed by atoms with Crippen LogP contribution in [0.2, 0.25) is 0 Å². The minimum Gasteiger partial charge on any atom is -0.480 e. The normalized spacial score (nSPS) is 12.3. The summed E-state index contributed by atoms with van der Waals surface area (Å²) < 4.78 is 31.1. The van der Waals surface area contributed by atoms with Gasteiger partial charge in [-0.1, -0.05) is 103 Å². The Bertz CT molecular complexity index is 1890. The molecule has 44 heavy (non-hydrogen) atoms. The molecule has 2 N–H and O–H groups in total. The van der Waals surface area contributed by atoms with Gasteiger partial charge in [0.1, 0.15) is 17.4 Å². The Kier molecular flexibility index (Phi) is 7.67. The van der Waals surface area contributed by atoms with Gasteiger partial charge in [0.2, 0.25) is 0 Å². The molecule has 8 heteroatoms. The summed E-state index contributed by atoms with van der Waals surface area (Å²) in [6, 6.07) is 36.8. The highest BCUT2D eigenvalue weighted by Gasteiger charge is 2.39. The van der Waals surface area contributed by atoms with E-state index in [9.17, 15) is 23.5 Å². The molecule has 0 radical (unpaired) electrons. The number of carboxylic acid groups (broad SMARTS) is 1. The highest BCUT2D eigenvalue weighted by Crippen LogP contribution is 2.37. The molecule has 1 aromatic heterocycles. The van der Waals surface area contributed by atoms with Crippen LogP contribution in [-0.4, -0.2) is 26.3 Å². The number of hydrogen-bond acceptors (Lipinski definition) is 3. The van der Waals surface area contributed by atoms with Crippen LogP contribution < -0.4 is 11.0 Å². The van der Waals surface area contributed by atoms with Crippen LogP contribution in [0.1, 0.15) is 22.3 Å². The van der Waals surface area contributed by atoms with E-state index in [1.807, 2.05) is 91.0 Å². The Hall–Kier alpha value is -5.34. The van der Waals surface area contributed by atoms with E-state index in [4.69, 9.17) is 0 Å². The first-order chi connectivity index (χ1) is 21.3. The number of nitrogens with zero attached hydrogens (tertiary/aromatic N) is 2. The number of aliphatic carboxylic acids is 1. The van der Waals surface area contributed by atoms with Crippen LogP contribution in [-0.2, 0) is 23.8 Å². The van der Waals surface area contributed by atoms with Gasteiger partial charge < -0.3 is 5.11 Å². The molecule has 1 heterocycles. The molecule has 6 aromatic rings. The molecule has 220 valence electrons. The minimum atomic E-state index is -1.03. The highest BCUT2D eigenvalue weighted by atomic mass is 19.1. The molecule has 0 aliphatic carbocycles. The van der Waals surface area contributed by atoms with Gasteiger partial charge in [-0.15, -0.1) is 0 Å². The molecule has 6 rings (SSSR count). The Labute approximate surface area is 252 Å². The van der Waals surface area contributed by atoms with Crippen molar-refractivity contribution in [3.63, 3.8) is 0 Å². The van der Waals surface area contributed by atoms with E-state index in [1.54, 1.807) is 24.3 Å². The zero-order valence-corrected chi connectivity index (χ0v) is 23.8. The molecule has 0 amide bonds. The fourth-order valence-corrected chi connectivity index (χ4v) is 5.91. The van der Waals surface area contributed by atoms with E-state index in [2.05, 4.69) is 5.32 Å². The molecule has 0 aliphatic heterocycles. The van der Waals surface area contributed by atoms with E-state index < -0.39 is 34.9 Å². The summed E-state index contributed by atoms with van der Waals surface area (Å²) in [6.07, 6.45) is 0.119. The fourth-order valence-electron chi connectivity index (χ4n) is 5.91. The van der Waals surface area contributed by atoms with Gasteiger partial charge in [0.15, 0.2) is 5.82 Å². The molecule has 0 spiro atoms. The minimum absolute atomic E-state index is 0.0323. The van der Waals surface area contributed by atoms with Crippen molar-refractivity contribution >= 4 is 17.0 Å². The first kappa shape index (κ1) is 28.8. The lowest BCUT2D eigenvalue weighted by atomic mass is 9.76. The predicted octanol–water partition coefficient (Wildman–Crippen LogP) is 6.18. The van der Waals surface area contributed by atoms with Gasteiger partial charge in [-0.05, 0) is 40.8 Å². The average molecular weight is 590 g/mol. The standard InChI is InChI=1S/C36H29F2N3O3/c1-40-32-23-28(37)22-30(38)33(32)41(35(40)44)29-19-17-24(18-20-29)21-31(34(42)43)39-36(25-11-5-2-6-12-25,26-13-7-3-8-14-26)27-15-9-4-10-16-27/h2-20,22-23,31,39H,21H2,1H3,(H,42,43). The molecule has 1 atom stereocenters. The summed E-state index contributed by atoms with van der Waals surface area (Å²) >= 11 is 0. The maximum Gasteiger partial charge on any atom is 0.333 e. The largest absolute Gasteiger partial charge is 0.480 e. The van der Waals surface area contributed by atoms with Crippen LogP contribution in [0.3, 0.4) is 0 Å². The maximum absolute atomic E-state index is 14.8. The SMILES string of the molecule is Cn1c(=O)n(-c2ccc(CC(NC(c3ccccc3)(c3ccccc3)c3ccccc3)C(=O)O)cc2)c2c(F)cc(F)cc21. The predicted molar refractivity (Wildman–Crippen MR) is 166 cm³/mol. The number of carboxylic acids is 1. The first-order valence-electron chi connectivity index (χ1n) is 14.1. The van der Waals surface area contributed by atoms with Gasteiger partial charge in [-0.2, -0.15) is 0 Å². The summed E-state index contributed by atoms with van der Waals surface area (Å²) in [7, 11) is 1.45. The number of carbonyl (C=O) groups is 1. The maximum atomic E-state index is 14.8. The fraction of sp³-hybridized carbons (Fsp3) is 0.111. The van der Waals surface area contributed by atoms with Crippen molar-refractivity contribution in [3.8, 4) is 5.69 Å². The van der Waals surface area contributed by atoms with E-state index in [0.717, 1.165) is 28.8 Å². The first-order valence-corrected chi connectivity index (χ1v) is 14.1. The smallest absolute Gasteiger partial charge is 0.333 e. The third kappa shape index (κ3) is 5.09. The van der Waals surface area contributed by atoms with Gasteiger partial charge in [0.25, 0.3) is 0 Å². The second-order valence-electron chi connectivity index (χ2n) is 10.7. The zero-order chi connectivity index (χ0) is 30.8. The van der Waals surface area contributed by atoms with Crippen molar-refractivity contribution in [2.24, 2.45) is 7.05 Å². The van der Waals surface area contributed by atoms with Gasteiger partial charge in [-0.3, -0.25) is 19.2 Å². The third-order valence-electron chi connectivity index (χ3n) is 8.01. The molecule has 0 fully saturated rings. The van der Waals surface area contributed by atoms with Crippen molar-refractivity contribution in [3.05, 3.63) is 172 Å². The number of halogens is 2. The topological polar surface area (TPSA) is 76.3 Å². The number of rotatable bonds is 9. The number of aryl methyl sites for hydroxylation is 1. The quantitative estimate of drug-likeness (QED) is 0.198. The summed E-state index contributed by atoms with van der Waals surface area (Å²) in [6.45, 7) is 0. The third-order valence-corrected chi connectivity index (χ3v) is 8.01. The lowest BCUT2D eigenvalue weighted by Gasteiger charge is -2.39. The Morgan fingerprint density at radius 3 is 1.77 bits per heavy atom. The number of hydrogen-bond donors (Lipinski definition) is 2. The Morgan fingerprint density at radius 1 is 0.795 bits per heavy atom. The van der Waals surface area contributed by atoms with Crippen molar-refractivity contribution in [1.82, 2.24) is 14.5 Å². The van der Waals surface area contributed by atoms with Crippen LogP contribution in [0.4, 0.5) is 8.78 Å². The second kappa shape index (κ2) is 11.7. The molecular formula is C36H29F2N3O3.